The highest BCUT2D eigenvalue weighted by molar-refractivity contribution is 6.30. The van der Waals surface area contributed by atoms with E-state index >= 15 is 0 Å². The molecule has 0 saturated heterocycles. The molecule has 1 aliphatic rings. The maximum atomic E-state index is 8.55. The van der Waals surface area contributed by atoms with Crippen LogP contribution in [0, 0.1) is 0 Å². The van der Waals surface area contributed by atoms with Crippen LogP contribution in [0.2, 0.25) is 0 Å². The molecule has 74 valence electrons. The third kappa shape index (κ3) is 2.60. The number of ether oxygens (including phenoxy) is 1. The zero-order chi connectivity index (χ0) is 9.73. The number of aliphatic hydroxyl groups is 1. The smallest absolute Gasteiger partial charge is 0.173 e. The average Bonchev–Trinajstić information content (AvgIpc) is 2.49. The van der Waals surface area contributed by atoms with Crippen molar-refractivity contribution in [3.05, 3.63) is 0 Å². The first-order chi connectivity index (χ1) is 6.22. The molecule has 1 unspecified atom stereocenters. The van der Waals surface area contributed by atoms with Crippen molar-refractivity contribution in [2.75, 3.05) is 19.8 Å². The molecule has 0 fully saturated rings. The minimum Gasteiger partial charge on any atom is -0.394 e. The van der Waals surface area contributed by atoms with E-state index in [-0.39, 0.29) is 6.61 Å². The zero-order valence-corrected chi connectivity index (χ0v) is 8.16. The Morgan fingerprint density at radius 3 is 2.85 bits per heavy atom. The Morgan fingerprint density at radius 2 is 2.38 bits per heavy atom. The van der Waals surface area contributed by atoms with Gasteiger partial charge in [0.2, 0.25) is 0 Å². The summed E-state index contributed by atoms with van der Waals surface area (Å²) in [5.74, 6) is 0. The molecule has 0 radical (unpaired) electrons. The van der Waals surface area contributed by atoms with Crippen LogP contribution in [0.3, 0.4) is 0 Å². The van der Waals surface area contributed by atoms with Gasteiger partial charge < -0.3 is 9.84 Å². The van der Waals surface area contributed by atoms with E-state index in [1.54, 1.807) is 6.21 Å². The van der Waals surface area contributed by atoms with Gasteiger partial charge in [-0.25, -0.2) is 0 Å². The molecule has 1 aliphatic heterocycles. The summed E-state index contributed by atoms with van der Waals surface area (Å²) < 4.78 is 5.24. The van der Waals surface area contributed by atoms with Crippen molar-refractivity contribution in [2.24, 2.45) is 9.98 Å². The number of aliphatic imine (C=N–C) groups is 2. The van der Waals surface area contributed by atoms with E-state index in [0.29, 0.717) is 13.2 Å². The van der Waals surface area contributed by atoms with E-state index in [1.165, 1.54) is 0 Å². The molecule has 0 aromatic carbocycles. The second kappa shape index (κ2) is 4.48. The van der Waals surface area contributed by atoms with E-state index in [1.807, 2.05) is 13.8 Å². The Hall–Kier alpha value is -0.740. The van der Waals surface area contributed by atoms with Gasteiger partial charge in [0.05, 0.1) is 25.5 Å². The highest BCUT2D eigenvalue weighted by Gasteiger charge is 2.29. The Balaban J connectivity index is 2.48. The van der Waals surface area contributed by atoms with Crippen LogP contribution in [0.15, 0.2) is 9.98 Å². The van der Waals surface area contributed by atoms with Gasteiger partial charge in [-0.2, -0.15) is 0 Å². The molecule has 0 amide bonds. The van der Waals surface area contributed by atoms with Crippen molar-refractivity contribution in [3.63, 3.8) is 0 Å². The predicted octanol–water partition coefficient (Wildman–Crippen LogP) is 0.647. The third-order valence-electron chi connectivity index (χ3n) is 2.01. The maximum absolute atomic E-state index is 8.55. The molecule has 13 heavy (non-hydrogen) atoms. The molecule has 0 spiro atoms. The molecule has 1 N–H and O–H groups in total. The Morgan fingerprint density at radius 1 is 1.62 bits per heavy atom. The molecular weight excluding hydrogens is 168 g/mol. The van der Waals surface area contributed by atoms with Gasteiger partial charge in [-0.05, 0) is 13.3 Å². The van der Waals surface area contributed by atoms with Crippen molar-refractivity contribution >= 4 is 11.9 Å². The molecule has 0 aliphatic carbocycles. The average molecular weight is 184 g/mol. The van der Waals surface area contributed by atoms with Crippen molar-refractivity contribution in [3.8, 4) is 0 Å². The van der Waals surface area contributed by atoms with E-state index in [2.05, 4.69) is 9.98 Å². The molecule has 1 atom stereocenters. The molecule has 0 saturated carbocycles. The molecule has 4 nitrogen and oxygen atoms in total. The SMILES string of the molecule is CCC1(COCCO)N=CC(C)=N1. The van der Waals surface area contributed by atoms with Crippen LogP contribution in [0.25, 0.3) is 0 Å². The van der Waals surface area contributed by atoms with Gasteiger partial charge in [0.15, 0.2) is 5.66 Å². The third-order valence-corrected chi connectivity index (χ3v) is 2.01. The summed E-state index contributed by atoms with van der Waals surface area (Å²) in [4.78, 5) is 8.70. The number of rotatable bonds is 5. The molecular formula is C9H16N2O2. The van der Waals surface area contributed by atoms with Crippen molar-refractivity contribution < 1.29 is 9.84 Å². The van der Waals surface area contributed by atoms with Crippen LogP contribution in [0.4, 0.5) is 0 Å². The first-order valence-electron chi connectivity index (χ1n) is 4.53. The lowest BCUT2D eigenvalue weighted by Gasteiger charge is -2.20. The first kappa shape index (κ1) is 10.3. The van der Waals surface area contributed by atoms with Crippen molar-refractivity contribution in [2.45, 2.75) is 25.9 Å². The lowest BCUT2D eigenvalue weighted by atomic mass is 10.1. The monoisotopic (exact) mass is 184 g/mol. The summed E-state index contributed by atoms with van der Waals surface area (Å²) in [5.41, 5.74) is 0.522. The lowest BCUT2D eigenvalue weighted by molar-refractivity contribution is 0.0598. The standard InChI is InChI=1S/C9H16N2O2/c1-3-9(7-13-5-4-12)10-6-8(2)11-9/h6,12H,3-5,7H2,1-2H3. The Labute approximate surface area is 78.4 Å². The number of aliphatic hydroxyl groups excluding tert-OH is 1. The summed E-state index contributed by atoms with van der Waals surface area (Å²) in [6.07, 6.45) is 2.60. The highest BCUT2D eigenvalue weighted by Crippen LogP contribution is 2.21. The van der Waals surface area contributed by atoms with Gasteiger partial charge in [-0.3, -0.25) is 9.98 Å². The van der Waals surface area contributed by atoms with Crippen LogP contribution in [-0.4, -0.2) is 42.5 Å². The molecule has 1 rings (SSSR count). The summed E-state index contributed by atoms with van der Waals surface area (Å²) in [5, 5.41) is 8.55. The van der Waals surface area contributed by atoms with Gasteiger partial charge >= 0.3 is 0 Å². The fourth-order valence-corrected chi connectivity index (χ4v) is 1.24. The largest absolute Gasteiger partial charge is 0.394 e. The zero-order valence-electron chi connectivity index (χ0n) is 8.16. The lowest BCUT2D eigenvalue weighted by Crippen LogP contribution is -2.28. The van der Waals surface area contributed by atoms with E-state index in [9.17, 15) is 0 Å². The van der Waals surface area contributed by atoms with Crippen molar-refractivity contribution in [1.29, 1.82) is 0 Å². The maximum Gasteiger partial charge on any atom is 0.173 e. The summed E-state index contributed by atoms with van der Waals surface area (Å²) >= 11 is 0. The van der Waals surface area contributed by atoms with Crippen molar-refractivity contribution in [1.82, 2.24) is 0 Å². The number of hydrogen-bond donors (Lipinski definition) is 1. The van der Waals surface area contributed by atoms with E-state index < -0.39 is 5.66 Å². The highest BCUT2D eigenvalue weighted by atomic mass is 16.5. The topological polar surface area (TPSA) is 54.2 Å². The minimum atomic E-state index is -0.417. The fraction of sp³-hybridized carbons (Fsp3) is 0.778. The summed E-state index contributed by atoms with van der Waals surface area (Å²) in [6, 6.07) is 0. The molecule has 0 aromatic rings. The molecule has 0 bridgehead atoms. The Bertz CT molecular complexity index is 226. The number of hydrogen-bond acceptors (Lipinski definition) is 4. The predicted molar refractivity (Wildman–Crippen MR) is 52.5 cm³/mol. The van der Waals surface area contributed by atoms with Crippen LogP contribution in [0.1, 0.15) is 20.3 Å². The summed E-state index contributed by atoms with van der Waals surface area (Å²) in [6.45, 7) is 4.81. The molecule has 1 heterocycles. The second-order valence-corrected chi connectivity index (χ2v) is 3.12. The van der Waals surface area contributed by atoms with Crippen LogP contribution in [-0.2, 0) is 4.74 Å². The fourth-order valence-electron chi connectivity index (χ4n) is 1.24. The first-order valence-corrected chi connectivity index (χ1v) is 4.53. The van der Waals surface area contributed by atoms with Gasteiger partial charge in [0, 0.05) is 6.21 Å². The normalized spacial score (nSPS) is 26.5. The quantitative estimate of drug-likeness (QED) is 0.638. The number of nitrogens with zero attached hydrogens (tertiary/aromatic N) is 2. The minimum absolute atomic E-state index is 0.0478. The van der Waals surface area contributed by atoms with Crippen LogP contribution < -0.4 is 0 Å². The van der Waals surface area contributed by atoms with Crippen LogP contribution in [0.5, 0.6) is 0 Å². The molecule has 0 aromatic heterocycles. The second-order valence-electron chi connectivity index (χ2n) is 3.12. The van der Waals surface area contributed by atoms with Gasteiger partial charge in [-0.15, -0.1) is 0 Å². The summed E-state index contributed by atoms with van der Waals surface area (Å²) in [7, 11) is 0. The van der Waals surface area contributed by atoms with Gasteiger partial charge in [0.1, 0.15) is 0 Å². The van der Waals surface area contributed by atoms with E-state index in [0.717, 1.165) is 12.1 Å². The van der Waals surface area contributed by atoms with Gasteiger partial charge in [-0.1, -0.05) is 6.92 Å². The Kier molecular flexibility index (Phi) is 3.57. The van der Waals surface area contributed by atoms with Gasteiger partial charge in [0.25, 0.3) is 0 Å². The van der Waals surface area contributed by atoms with E-state index in [4.69, 9.17) is 9.84 Å². The van der Waals surface area contributed by atoms with Crippen LogP contribution >= 0.6 is 0 Å². The molecule has 4 heteroatoms.